The summed E-state index contributed by atoms with van der Waals surface area (Å²) in [6, 6.07) is 1.04. The summed E-state index contributed by atoms with van der Waals surface area (Å²) in [4.78, 5) is 19.6. The molecule has 1 fully saturated rings. The fourth-order valence-electron chi connectivity index (χ4n) is 2.56. The third kappa shape index (κ3) is 5.47. The summed E-state index contributed by atoms with van der Waals surface area (Å²) in [7, 11) is 0. The van der Waals surface area contributed by atoms with Crippen LogP contribution in [0, 0.1) is 0 Å². The number of nitrogens with one attached hydrogen (secondary N) is 1. The first-order valence-corrected chi connectivity index (χ1v) is 8.58. The number of piperazine rings is 1. The van der Waals surface area contributed by atoms with Crippen LogP contribution in [0.1, 0.15) is 25.8 Å². The molecule has 2 heterocycles. The van der Waals surface area contributed by atoms with Gasteiger partial charge in [-0.1, -0.05) is 18.5 Å². The third-order valence-corrected chi connectivity index (χ3v) is 4.49. The van der Waals surface area contributed by atoms with E-state index in [2.05, 4.69) is 10.3 Å². The Morgan fingerprint density at radius 2 is 2.00 bits per heavy atom. The van der Waals surface area contributed by atoms with Gasteiger partial charge in [0.05, 0.1) is 17.1 Å². The predicted molar refractivity (Wildman–Crippen MR) is 90.8 cm³/mol. The van der Waals surface area contributed by atoms with E-state index in [0.717, 1.165) is 18.7 Å². The number of rotatable bonds is 5. The normalized spacial score (nSPS) is 17.4. The molecule has 1 aliphatic rings. The maximum absolute atomic E-state index is 12.7. The summed E-state index contributed by atoms with van der Waals surface area (Å²) >= 11 is 5.98. The molecule has 9 heteroatoms. The van der Waals surface area contributed by atoms with Gasteiger partial charge in [-0.15, -0.1) is 0 Å². The molecule has 1 atom stereocenters. The number of aromatic nitrogens is 1. The van der Waals surface area contributed by atoms with Crippen molar-refractivity contribution in [3.05, 3.63) is 22.8 Å². The summed E-state index contributed by atoms with van der Waals surface area (Å²) < 4.78 is 38.0. The lowest BCUT2D eigenvalue weighted by atomic mass is 10.2. The van der Waals surface area contributed by atoms with E-state index in [-0.39, 0.29) is 17.0 Å². The van der Waals surface area contributed by atoms with Crippen molar-refractivity contribution in [2.45, 2.75) is 32.5 Å². The van der Waals surface area contributed by atoms with Gasteiger partial charge in [-0.2, -0.15) is 13.2 Å². The standard InChI is InChI=1S/C16H22ClF3N4O/c1-3-11(2)22-14(25)10-23-4-6-24(7-5-23)15-13(17)8-12(9-21-15)16(18,19)20/h8-9,11H,3-7,10H2,1-2H3,(H,22,25)/t11-/m0/s1. The summed E-state index contributed by atoms with van der Waals surface area (Å²) in [6.45, 7) is 6.61. The number of hydrogen-bond acceptors (Lipinski definition) is 4. The molecule has 2 rings (SSSR count). The average Bonchev–Trinajstić information content (AvgIpc) is 2.54. The SMILES string of the molecule is CC[C@H](C)NC(=O)CN1CCN(c2ncc(C(F)(F)F)cc2Cl)CC1. The zero-order valence-electron chi connectivity index (χ0n) is 14.2. The predicted octanol–water partition coefficient (Wildman–Crippen LogP) is 2.79. The highest BCUT2D eigenvalue weighted by Crippen LogP contribution is 2.33. The lowest BCUT2D eigenvalue weighted by molar-refractivity contribution is -0.137. The van der Waals surface area contributed by atoms with Crippen molar-refractivity contribution in [3.8, 4) is 0 Å². The minimum Gasteiger partial charge on any atom is -0.353 e. The molecule has 1 aromatic rings. The molecule has 0 spiro atoms. The Hall–Kier alpha value is -1.54. The Balaban J connectivity index is 1.91. The Morgan fingerprint density at radius 1 is 1.36 bits per heavy atom. The van der Waals surface area contributed by atoms with E-state index in [1.165, 1.54) is 0 Å². The summed E-state index contributed by atoms with van der Waals surface area (Å²) in [5, 5.41) is 2.90. The first-order valence-electron chi connectivity index (χ1n) is 8.20. The minimum absolute atomic E-state index is 0.0159. The molecule has 140 valence electrons. The Morgan fingerprint density at radius 3 is 2.52 bits per heavy atom. The number of hydrogen-bond donors (Lipinski definition) is 1. The van der Waals surface area contributed by atoms with Crippen LogP contribution in [0.25, 0.3) is 0 Å². The summed E-state index contributed by atoms with van der Waals surface area (Å²) in [6.07, 6.45) is -2.79. The van der Waals surface area contributed by atoms with E-state index >= 15 is 0 Å². The Labute approximate surface area is 150 Å². The smallest absolute Gasteiger partial charge is 0.353 e. The van der Waals surface area contributed by atoms with Gasteiger partial charge < -0.3 is 10.2 Å². The highest BCUT2D eigenvalue weighted by Gasteiger charge is 2.32. The van der Waals surface area contributed by atoms with Crippen molar-refractivity contribution >= 4 is 23.3 Å². The molecule has 0 radical (unpaired) electrons. The zero-order chi connectivity index (χ0) is 18.6. The van der Waals surface area contributed by atoms with E-state index < -0.39 is 11.7 Å². The Kier molecular flexibility index (Phi) is 6.51. The van der Waals surface area contributed by atoms with Gasteiger partial charge in [0, 0.05) is 38.4 Å². The van der Waals surface area contributed by atoms with Crippen molar-refractivity contribution in [2.75, 3.05) is 37.6 Å². The second kappa shape index (κ2) is 8.23. The molecule has 1 aromatic heterocycles. The van der Waals surface area contributed by atoms with Crippen molar-refractivity contribution in [1.29, 1.82) is 0 Å². The topological polar surface area (TPSA) is 48.5 Å². The Bertz CT molecular complexity index is 604. The maximum atomic E-state index is 12.7. The van der Waals surface area contributed by atoms with Gasteiger partial charge in [-0.05, 0) is 19.4 Å². The number of carbonyl (C=O) groups excluding carboxylic acids is 1. The highest BCUT2D eigenvalue weighted by molar-refractivity contribution is 6.33. The molecule has 0 aromatic carbocycles. The summed E-state index contributed by atoms with van der Waals surface area (Å²) in [5.41, 5.74) is -0.860. The van der Waals surface area contributed by atoms with Crippen molar-refractivity contribution in [3.63, 3.8) is 0 Å². The third-order valence-electron chi connectivity index (χ3n) is 4.21. The van der Waals surface area contributed by atoms with E-state index in [0.29, 0.717) is 38.5 Å². The molecule has 0 aliphatic carbocycles. The molecule has 0 unspecified atom stereocenters. The first-order chi connectivity index (χ1) is 11.7. The van der Waals surface area contributed by atoms with Gasteiger partial charge in [0.2, 0.25) is 5.91 Å². The molecule has 1 N–H and O–H groups in total. The highest BCUT2D eigenvalue weighted by atomic mass is 35.5. The molecule has 5 nitrogen and oxygen atoms in total. The lowest BCUT2D eigenvalue weighted by Gasteiger charge is -2.35. The number of amides is 1. The number of anilines is 1. The van der Waals surface area contributed by atoms with E-state index in [1.54, 1.807) is 0 Å². The van der Waals surface area contributed by atoms with Crippen LogP contribution >= 0.6 is 11.6 Å². The lowest BCUT2D eigenvalue weighted by Crippen LogP contribution is -2.50. The van der Waals surface area contributed by atoms with Crippen LogP contribution in [0.4, 0.5) is 19.0 Å². The van der Waals surface area contributed by atoms with Crippen molar-refractivity contribution in [2.24, 2.45) is 0 Å². The van der Waals surface area contributed by atoms with Crippen LogP contribution in [-0.4, -0.2) is 54.6 Å². The van der Waals surface area contributed by atoms with Gasteiger partial charge in [0.1, 0.15) is 5.82 Å². The van der Waals surface area contributed by atoms with Gasteiger partial charge >= 0.3 is 6.18 Å². The quantitative estimate of drug-likeness (QED) is 0.856. The van der Waals surface area contributed by atoms with Gasteiger partial charge in [0.25, 0.3) is 0 Å². The monoisotopic (exact) mass is 378 g/mol. The van der Waals surface area contributed by atoms with Gasteiger partial charge in [-0.25, -0.2) is 4.98 Å². The maximum Gasteiger partial charge on any atom is 0.417 e. The fourth-order valence-corrected chi connectivity index (χ4v) is 2.85. The van der Waals surface area contributed by atoms with Crippen LogP contribution in [0.15, 0.2) is 12.3 Å². The van der Waals surface area contributed by atoms with Crippen LogP contribution in [0.2, 0.25) is 5.02 Å². The molecule has 1 saturated heterocycles. The molecule has 25 heavy (non-hydrogen) atoms. The van der Waals surface area contributed by atoms with Gasteiger partial charge in [-0.3, -0.25) is 9.69 Å². The second-order valence-corrected chi connectivity index (χ2v) is 6.57. The molecular formula is C16H22ClF3N4O. The van der Waals surface area contributed by atoms with Crippen molar-refractivity contribution in [1.82, 2.24) is 15.2 Å². The number of halogens is 4. The first kappa shape index (κ1) is 19.8. The van der Waals surface area contributed by atoms with Crippen LogP contribution in [0.3, 0.4) is 0 Å². The zero-order valence-corrected chi connectivity index (χ0v) is 15.0. The summed E-state index contributed by atoms with van der Waals surface area (Å²) in [5.74, 6) is 0.326. The minimum atomic E-state index is -4.46. The molecule has 0 saturated carbocycles. The van der Waals surface area contributed by atoms with Crippen molar-refractivity contribution < 1.29 is 18.0 Å². The fraction of sp³-hybridized carbons (Fsp3) is 0.625. The number of nitrogens with zero attached hydrogens (tertiary/aromatic N) is 3. The second-order valence-electron chi connectivity index (χ2n) is 6.17. The van der Waals surface area contributed by atoms with Crippen LogP contribution in [-0.2, 0) is 11.0 Å². The molecule has 1 aliphatic heterocycles. The number of carbonyl (C=O) groups is 1. The molecule has 0 bridgehead atoms. The van der Waals surface area contributed by atoms with Crippen LogP contribution < -0.4 is 10.2 Å². The average molecular weight is 379 g/mol. The van der Waals surface area contributed by atoms with Crippen LogP contribution in [0.5, 0.6) is 0 Å². The van der Waals surface area contributed by atoms with Gasteiger partial charge in [0.15, 0.2) is 0 Å². The number of pyridine rings is 1. The molecule has 1 amide bonds. The van der Waals surface area contributed by atoms with E-state index in [1.807, 2.05) is 23.6 Å². The van der Waals surface area contributed by atoms with E-state index in [4.69, 9.17) is 11.6 Å². The largest absolute Gasteiger partial charge is 0.417 e. The van der Waals surface area contributed by atoms with E-state index in [9.17, 15) is 18.0 Å². The molecular weight excluding hydrogens is 357 g/mol. The number of alkyl halides is 3.